The summed E-state index contributed by atoms with van der Waals surface area (Å²) in [6.07, 6.45) is 4.87. The number of hydrogen-bond acceptors (Lipinski definition) is 5. The Labute approximate surface area is 125 Å². The normalized spacial score (nSPS) is 11.3. The molecular weight excluding hydrogens is 288 g/mol. The third-order valence-corrected chi connectivity index (χ3v) is 4.32. The number of aryl methyl sites for hydroxylation is 3. The van der Waals surface area contributed by atoms with Crippen molar-refractivity contribution >= 4 is 22.8 Å². The van der Waals surface area contributed by atoms with Crippen LogP contribution in [0.4, 0.5) is 0 Å². The van der Waals surface area contributed by atoms with Gasteiger partial charge in [-0.25, -0.2) is 9.97 Å². The molecule has 3 rings (SSSR count). The Bertz CT molecular complexity index is 818. The molecule has 0 aliphatic heterocycles. The van der Waals surface area contributed by atoms with Gasteiger partial charge in [-0.3, -0.25) is 14.0 Å². The van der Waals surface area contributed by atoms with Gasteiger partial charge in [0.15, 0.2) is 5.65 Å². The summed E-state index contributed by atoms with van der Waals surface area (Å²) in [7, 11) is 1.78. The van der Waals surface area contributed by atoms with Crippen molar-refractivity contribution in [1.29, 1.82) is 0 Å². The second-order valence-electron chi connectivity index (χ2n) is 4.78. The Kier molecular flexibility index (Phi) is 3.78. The molecule has 110 valence electrons. The monoisotopic (exact) mass is 304 g/mol. The second-order valence-corrected chi connectivity index (χ2v) is 5.88. The van der Waals surface area contributed by atoms with Crippen LogP contribution in [0.2, 0.25) is 0 Å². The number of fused-ring (bicyclic) bond motifs is 1. The van der Waals surface area contributed by atoms with Crippen LogP contribution in [-0.2, 0) is 19.3 Å². The van der Waals surface area contributed by atoms with Gasteiger partial charge in [0.1, 0.15) is 5.39 Å². The molecule has 0 spiro atoms. The van der Waals surface area contributed by atoms with E-state index in [1.807, 2.05) is 6.92 Å². The molecule has 0 aromatic carbocycles. The predicted molar refractivity (Wildman–Crippen MR) is 82.3 cm³/mol. The fourth-order valence-electron chi connectivity index (χ4n) is 2.09. The minimum absolute atomic E-state index is 0.0374. The first-order chi connectivity index (χ1) is 10.2. The highest BCUT2D eigenvalue weighted by Crippen LogP contribution is 2.12. The molecule has 0 atom stereocenters. The summed E-state index contributed by atoms with van der Waals surface area (Å²) in [6.45, 7) is 2.64. The molecule has 0 radical (unpaired) electrons. The predicted octanol–water partition coefficient (Wildman–Crippen LogP) is 1.09. The number of imidazole rings is 1. The van der Waals surface area contributed by atoms with Gasteiger partial charge in [-0.2, -0.15) is 16.9 Å². The van der Waals surface area contributed by atoms with Gasteiger partial charge in [-0.05, 0) is 6.92 Å². The summed E-state index contributed by atoms with van der Waals surface area (Å²) < 4.78 is 3.24. The van der Waals surface area contributed by atoms with E-state index < -0.39 is 0 Å². The summed E-state index contributed by atoms with van der Waals surface area (Å²) in [5.41, 5.74) is 2.74. The lowest BCUT2D eigenvalue weighted by Gasteiger charge is -2.05. The first kappa shape index (κ1) is 13.9. The fraction of sp³-hybridized carbons (Fsp3) is 0.385. The van der Waals surface area contributed by atoms with E-state index in [1.54, 1.807) is 46.9 Å². The Balaban J connectivity index is 1.64. The van der Waals surface area contributed by atoms with Crippen LogP contribution in [0.15, 0.2) is 23.6 Å². The zero-order valence-corrected chi connectivity index (χ0v) is 12.7. The number of thioether (sulfide) groups is 1. The number of aromatic nitrogens is 6. The van der Waals surface area contributed by atoms with Crippen LogP contribution in [0.3, 0.4) is 0 Å². The van der Waals surface area contributed by atoms with Gasteiger partial charge in [-0.15, -0.1) is 0 Å². The number of aromatic amines is 1. The molecule has 0 fully saturated rings. The topological polar surface area (TPSA) is 81.4 Å². The summed E-state index contributed by atoms with van der Waals surface area (Å²) in [5, 5.41) is 4.62. The number of nitrogens with one attached hydrogen (secondary N) is 1. The highest BCUT2D eigenvalue weighted by Gasteiger charge is 2.08. The quantitative estimate of drug-likeness (QED) is 0.714. The van der Waals surface area contributed by atoms with E-state index in [-0.39, 0.29) is 5.56 Å². The smallest absolute Gasteiger partial charge is 0.264 e. The van der Waals surface area contributed by atoms with Gasteiger partial charge < -0.3 is 4.98 Å². The zero-order chi connectivity index (χ0) is 14.8. The van der Waals surface area contributed by atoms with Crippen molar-refractivity contribution in [2.45, 2.75) is 19.2 Å². The lowest BCUT2D eigenvalue weighted by molar-refractivity contribution is 0.718. The average Bonchev–Trinajstić information content (AvgIpc) is 3.04. The van der Waals surface area contributed by atoms with Gasteiger partial charge in [0.05, 0.1) is 24.5 Å². The number of rotatable bonds is 5. The van der Waals surface area contributed by atoms with Gasteiger partial charge >= 0.3 is 0 Å². The maximum absolute atomic E-state index is 12.3. The summed E-state index contributed by atoms with van der Waals surface area (Å²) in [4.78, 5) is 23.9. The van der Waals surface area contributed by atoms with Gasteiger partial charge in [0.2, 0.25) is 0 Å². The van der Waals surface area contributed by atoms with Crippen LogP contribution >= 0.6 is 11.8 Å². The lowest BCUT2D eigenvalue weighted by atomic mass is 10.4. The molecule has 0 aliphatic carbocycles. The first-order valence-electron chi connectivity index (χ1n) is 6.60. The van der Waals surface area contributed by atoms with Crippen molar-refractivity contribution in [1.82, 2.24) is 29.3 Å². The van der Waals surface area contributed by atoms with E-state index in [4.69, 9.17) is 0 Å². The van der Waals surface area contributed by atoms with E-state index in [0.717, 1.165) is 22.9 Å². The van der Waals surface area contributed by atoms with E-state index in [0.29, 0.717) is 17.6 Å². The van der Waals surface area contributed by atoms with Crippen molar-refractivity contribution in [3.8, 4) is 0 Å². The highest BCUT2D eigenvalue weighted by atomic mass is 32.2. The third kappa shape index (κ3) is 2.71. The Hall–Kier alpha value is -2.09. The van der Waals surface area contributed by atoms with Crippen molar-refractivity contribution in [3.05, 3.63) is 40.6 Å². The van der Waals surface area contributed by atoms with Crippen LogP contribution in [0.25, 0.3) is 11.0 Å². The molecule has 0 aliphatic rings. The first-order valence-corrected chi connectivity index (χ1v) is 7.76. The van der Waals surface area contributed by atoms with E-state index in [2.05, 4.69) is 20.1 Å². The van der Waals surface area contributed by atoms with Crippen molar-refractivity contribution in [3.63, 3.8) is 0 Å². The summed E-state index contributed by atoms with van der Waals surface area (Å²) >= 11 is 1.75. The minimum Gasteiger partial charge on any atom is -0.348 e. The molecule has 0 bridgehead atoms. The minimum atomic E-state index is -0.0374. The largest absolute Gasteiger partial charge is 0.348 e. The summed E-state index contributed by atoms with van der Waals surface area (Å²) in [5.74, 6) is 1.67. The van der Waals surface area contributed by atoms with Crippen LogP contribution in [-0.4, -0.2) is 35.1 Å². The fourth-order valence-corrected chi connectivity index (χ4v) is 3.04. The molecule has 3 aromatic rings. The van der Waals surface area contributed by atoms with Gasteiger partial charge in [-0.1, -0.05) is 0 Å². The van der Waals surface area contributed by atoms with Crippen molar-refractivity contribution in [2.24, 2.45) is 7.05 Å². The van der Waals surface area contributed by atoms with Gasteiger partial charge in [0.25, 0.3) is 5.56 Å². The number of nitrogens with zero attached hydrogens (tertiary/aromatic N) is 5. The maximum atomic E-state index is 12.3. The Morgan fingerprint density at radius 3 is 3.00 bits per heavy atom. The van der Waals surface area contributed by atoms with Gasteiger partial charge in [0, 0.05) is 30.8 Å². The van der Waals surface area contributed by atoms with Crippen molar-refractivity contribution < 1.29 is 0 Å². The SMILES string of the molecule is Cc1[nH]cnc1CSCCn1cnc2c(cnn2C)c1=O. The van der Waals surface area contributed by atoms with Crippen LogP contribution in [0, 0.1) is 6.92 Å². The molecular formula is C13H16N6OS. The van der Waals surface area contributed by atoms with Crippen LogP contribution < -0.4 is 5.56 Å². The molecule has 0 saturated heterocycles. The highest BCUT2D eigenvalue weighted by molar-refractivity contribution is 7.98. The van der Waals surface area contributed by atoms with Crippen LogP contribution in [0.5, 0.6) is 0 Å². The van der Waals surface area contributed by atoms with Crippen LogP contribution in [0.1, 0.15) is 11.4 Å². The standard InChI is InChI=1S/C13H16N6OS/c1-9-11(15-7-14-9)6-21-4-3-19-8-16-12-10(13(19)20)5-17-18(12)2/h5,7-8H,3-4,6H2,1-2H3,(H,14,15). The number of H-pyrrole nitrogens is 1. The molecule has 1 N–H and O–H groups in total. The molecule has 0 unspecified atom stereocenters. The number of hydrogen-bond donors (Lipinski definition) is 1. The molecule has 0 saturated carbocycles. The molecule has 8 heteroatoms. The Morgan fingerprint density at radius 2 is 2.24 bits per heavy atom. The summed E-state index contributed by atoms with van der Waals surface area (Å²) in [6, 6.07) is 0. The average molecular weight is 304 g/mol. The van der Waals surface area contributed by atoms with E-state index in [9.17, 15) is 4.79 Å². The molecule has 21 heavy (non-hydrogen) atoms. The maximum Gasteiger partial charge on any atom is 0.264 e. The zero-order valence-electron chi connectivity index (χ0n) is 11.9. The molecule has 7 nitrogen and oxygen atoms in total. The Morgan fingerprint density at radius 1 is 1.38 bits per heavy atom. The lowest BCUT2D eigenvalue weighted by Crippen LogP contribution is -2.21. The molecule has 3 aromatic heterocycles. The van der Waals surface area contributed by atoms with E-state index >= 15 is 0 Å². The third-order valence-electron chi connectivity index (χ3n) is 3.37. The molecule has 0 amide bonds. The molecule has 3 heterocycles. The second kappa shape index (κ2) is 5.72. The van der Waals surface area contributed by atoms with E-state index in [1.165, 1.54) is 0 Å². The van der Waals surface area contributed by atoms with Crippen molar-refractivity contribution in [2.75, 3.05) is 5.75 Å².